The smallest absolute Gasteiger partial charge is 0.306 e. The van der Waals surface area contributed by atoms with Crippen LogP contribution < -0.4 is 8.92 Å². The van der Waals surface area contributed by atoms with Crippen LogP contribution in [-0.4, -0.2) is 21.8 Å². The normalized spacial score (nSPS) is 11.1. The van der Waals surface area contributed by atoms with E-state index < -0.39 is 10.1 Å². The Morgan fingerprint density at radius 1 is 1.14 bits per heavy atom. The van der Waals surface area contributed by atoms with Crippen LogP contribution in [0, 0.1) is 6.92 Å². The van der Waals surface area contributed by atoms with Gasteiger partial charge in [0.05, 0.1) is 13.4 Å². The van der Waals surface area contributed by atoms with Crippen LogP contribution in [0.25, 0.3) is 0 Å². The van der Waals surface area contributed by atoms with Gasteiger partial charge in [-0.2, -0.15) is 8.42 Å². The highest BCUT2D eigenvalue weighted by molar-refractivity contribution is 7.86. The molecule has 0 aliphatic heterocycles. The van der Waals surface area contributed by atoms with E-state index in [0.29, 0.717) is 5.75 Å². The Balaban J connectivity index is 3.04. The molecule has 1 aromatic carbocycles. The first-order valence-corrected chi connectivity index (χ1v) is 5.77. The van der Waals surface area contributed by atoms with Crippen LogP contribution in [0.5, 0.6) is 11.5 Å². The predicted molar refractivity (Wildman–Crippen MR) is 53.2 cm³/mol. The van der Waals surface area contributed by atoms with Crippen molar-refractivity contribution in [2.75, 3.05) is 13.4 Å². The molecular formula is C9H12O4S. The maximum atomic E-state index is 10.8. The molecule has 0 saturated carbocycles. The molecular weight excluding hydrogens is 204 g/mol. The number of methoxy groups -OCH3 is 1. The first-order valence-electron chi connectivity index (χ1n) is 3.96. The van der Waals surface area contributed by atoms with Gasteiger partial charge in [0.15, 0.2) is 0 Å². The van der Waals surface area contributed by atoms with Crippen LogP contribution >= 0.6 is 0 Å². The van der Waals surface area contributed by atoms with E-state index >= 15 is 0 Å². The van der Waals surface area contributed by atoms with Crippen LogP contribution in [0.4, 0.5) is 0 Å². The Bertz CT molecular complexity index is 422. The van der Waals surface area contributed by atoms with Gasteiger partial charge in [-0.1, -0.05) is 0 Å². The first kappa shape index (κ1) is 10.8. The molecule has 0 aliphatic carbocycles. The van der Waals surface area contributed by atoms with Gasteiger partial charge in [0.2, 0.25) is 0 Å². The van der Waals surface area contributed by atoms with Crippen molar-refractivity contribution in [3.8, 4) is 11.5 Å². The molecule has 14 heavy (non-hydrogen) atoms. The molecule has 0 amide bonds. The minimum atomic E-state index is -3.47. The van der Waals surface area contributed by atoms with Crippen molar-refractivity contribution in [1.82, 2.24) is 0 Å². The maximum Gasteiger partial charge on any atom is 0.306 e. The Morgan fingerprint density at radius 2 is 1.71 bits per heavy atom. The van der Waals surface area contributed by atoms with Crippen LogP contribution in [0.3, 0.4) is 0 Å². The summed E-state index contributed by atoms with van der Waals surface area (Å²) in [6, 6.07) is 4.94. The molecule has 0 saturated heterocycles. The Kier molecular flexibility index (Phi) is 3.00. The molecule has 4 nitrogen and oxygen atoms in total. The van der Waals surface area contributed by atoms with Crippen LogP contribution in [0.2, 0.25) is 0 Å². The Morgan fingerprint density at radius 3 is 2.21 bits per heavy atom. The average molecular weight is 216 g/mol. The quantitative estimate of drug-likeness (QED) is 0.715. The molecule has 0 atom stereocenters. The van der Waals surface area contributed by atoms with Crippen LogP contribution in [0.15, 0.2) is 18.2 Å². The summed E-state index contributed by atoms with van der Waals surface area (Å²) in [5.41, 5.74) is 0.878. The number of rotatable bonds is 3. The minimum absolute atomic E-state index is 0.268. The molecule has 0 radical (unpaired) electrons. The van der Waals surface area contributed by atoms with E-state index in [4.69, 9.17) is 8.92 Å². The van der Waals surface area contributed by atoms with E-state index in [1.807, 2.05) is 6.92 Å². The van der Waals surface area contributed by atoms with Gasteiger partial charge in [-0.15, -0.1) is 0 Å². The zero-order valence-corrected chi connectivity index (χ0v) is 9.09. The zero-order valence-electron chi connectivity index (χ0n) is 8.27. The van der Waals surface area contributed by atoms with Crippen molar-refractivity contribution >= 4 is 10.1 Å². The van der Waals surface area contributed by atoms with Gasteiger partial charge in [-0.25, -0.2) is 0 Å². The summed E-state index contributed by atoms with van der Waals surface area (Å²) in [6.45, 7) is 1.83. The molecule has 0 N–H and O–H groups in total. The van der Waals surface area contributed by atoms with Gasteiger partial charge in [0.1, 0.15) is 11.5 Å². The molecule has 0 aliphatic rings. The monoisotopic (exact) mass is 216 g/mol. The van der Waals surface area contributed by atoms with Crippen molar-refractivity contribution in [3.63, 3.8) is 0 Å². The summed E-state index contributed by atoms with van der Waals surface area (Å²) in [6.07, 6.45) is 1.00. The summed E-state index contributed by atoms with van der Waals surface area (Å²) in [5.74, 6) is 0.841. The molecule has 1 aromatic rings. The van der Waals surface area contributed by atoms with Gasteiger partial charge in [-0.05, 0) is 24.6 Å². The van der Waals surface area contributed by atoms with E-state index in [-0.39, 0.29) is 5.75 Å². The van der Waals surface area contributed by atoms with E-state index in [2.05, 4.69) is 0 Å². The lowest BCUT2D eigenvalue weighted by Crippen LogP contribution is -2.05. The van der Waals surface area contributed by atoms with Crippen LogP contribution in [-0.2, 0) is 10.1 Å². The van der Waals surface area contributed by atoms with E-state index in [1.54, 1.807) is 12.1 Å². The molecule has 0 aromatic heterocycles. The van der Waals surface area contributed by atoms with Gasteiger partial charge in [0, 0.05) is 6.07 Å². The van der Waals surface area contributed by atoms with Crippen molar-refractivity contribution in [3.05, 3.63) is 23.8 Å². The van der Waals surface area contributed by atoms with Crippen molar-refractivity contribution in [2.45, 2.75) is 6.92 Å². The standard InChI is InChI=1S/C9H12O4S/c1-7-4-8(12-2)6-9(5-7)13-14(3,10)11/h4-6H,1-3H3. The van der Waals surface area contributed by atoms with Gasteiger partial charge in [0.25, 0.3) is 0 Å². The third kappa shape index (κ3) is 3.26. The van der Waals surface area contributed by atoms with Crippen molar-refractivity contribution in [1.29, 1.82) is 0 Å². The molecule has 0 fully saturated rings. The van der Waals surface area contributed by atoms with Crippen LogP contribution in [0.1, 0.15) is 5.56 Å². The summed E-state index contributed by atoms with van der Waals surface area (Å²) in [7, 11) is -1.96. The fourth-order valence-corrected chi connectivity index (χ4v) is 1.50. The number of benzene rings is 1. The summed E-state index contributed by atoms with van der Waals surface area (Å²) < 4.78 is 31.4. The molecule has 0 heterocycles. The third-order valence-corrected chi connectivity index (χ3v) is 2.00. The second-order valence-electron chi connectivity index (χ2n) is 2.97. The molecule has 0 unspecified atom stereocenters. The second kappa shape index (κ2) is 3.88. The summed E-state index contributed by atoms with van der Waals surface area (Å²) in [4.78, 5) is 0. The highest BCUT2D eigenvalue weighted by Crippen LogP contribution is 2.22. The Labute approximate surface area is 83.6 Å². The van der Waals surface area contributed by atoms with Gasteiger partial charge < -0.3 is 8.92 Å². The first-order chi connectivity index (χ1) is 6.40. The van der Waals surface area contributed by atoms with Gasteiger partial charge >= 0.3 is 10.1 Å². The second-order valence-corrected chi connectivity index (χ2v) is 4.55. The molecule has 5 heteroatoms. The fourth-order valence-electron chi connectivity index (χ4n) is 1.05. The number of hydrogen-bond donors (Lipinski definition) is 0. The van der Waals surface area contributed by atoms with E-state index in [9.17, 15) is 8.42 Å². The average Bonchev–Trinajstić information content (AvgIpc) is 1.99. The number of ether oxygens (including phenoxy) is 1. The molecule has 1 rings (SSSR count). The lowest BCUT2D eigenvalue weighted by molar-refractivity contribution is 0.411. The summed E-state index contributed by atoms with van der Waals surface area (Å²) in [5, 5.41) is 0. The van der Waals surface area contributed by atoms with Crippen molar-refractivity contribution in [2.24, 2.45) is 0 Å². The topological polar surface area (TPSA) is 52.6 Å². The van der Waals surface area contributed by atoms with Gasteiger partial charge in [-0.3, -0.25) is 0 Å². The van der Waals surface area contributed by atoms with E-state index in [0.717, 1.165) is 11.8 Å². The summed E-state index contributed by atoms with van der Waals surface area (Å²) >= 11 is 0. The SMILES string of the molecule is COc1cc(C)cc(OS(C)(=O)=O)c1. The largest absolute Gasteiger partial charge is 0.497 e. The minimum Gasteiger partial charge on any atom is -0.497 e. The number of aryl methyl sites for hydroxylation is 1. The lowest BCUT2D eigenvalue weighted by atomic mass is 10.2. The molecule has 0 spiro atoms. The zero-order chi connectivity index (χ0) is 10.8. The molecule has 0 bridgehead atoms. The highest BCUT2D eigenvalue weighted by Gasteiger charge is 2.06. The lowest BCUT2D eigenvalue weighted by Gasteiger charge is -2.06. The third-order valence-electron chi connectivity index (χ3n) is 1.51. The molecule has 78 valence electrons. The van der Waals surface area contributed by atoms with E-state index in [1.165, 1.54) is 13.2 Å². The number of hydrogen-bond acceptors (Lipinski definition) is 4. The fraction of sp³-hybridized carbons (Fsp3) is 0.333. The highest BCUT2D eigenvalue weighted by atomic mass is 32.2. The predicted octanol–water partition coefficient (Wildman–Crippen LogP) is 1.34. The van der Waals surface area contributed by atoms with Crippen molar-refractivity contribution < 1.29 is 17.3 Å². The Hall–Kier alpha value is -1.23. The maximum absolute atomic E-state index is 10.8.